The molecule has 19 heavy (non-hydrogen) atoms. The monoisotopic (exact) mass is 262 g/mol. The van der Waals surface area contributed by atoms with E-state index in [0.29, 0.717) is 23.4 Å². The van der Waals surface area contributed by atoms with Crippen LogP contribution in [0.25, 0.3) is 0 Å². The van der Waals surface area contributed by atoms with Gasteiger partial charge in [0.15, 0.2) is 0 Å². The standard InChI is InChI=1S/C14H15FN2O2/c1-2-4-11-13(18)16-12(17-14(11)19)8-9-5-3-6-10(15)7-9/h3,5-7H,2,4,8H2,1H3,(H2,16,17,18,19). The Balaban J connectivity index is 2.29. The summed E-state index contributed by atoms with van der Waals surface area (Å²) in [5.74, 6) is -0.253. The maximum absolute atomic E-state index is 13.1. The second-order valence-corrected chi connectivity index (χ2v) is 4.37. The van der Waals surface area contributed by atoms with Gasteiger partial charge in [-0.1, -0.05) is 25.5 Å². The van der Waals surface area contributed by atoms with E-state index < -0.39 is 0 Å². The second-order valence-electron chi connectivity index (χ2n) is 4.37. The van der Waals surface area contributed by atoms with E-state index in [4.69, 9.17) is 0 Å². The molecule has 1 aromatic heterocycles. The smallest absolute Gasteiger partial charge is 0.257 e. The molecule has 0 saturated heterocycles. The maximum atomic E-state index is 13.1. The Labute approximate surface area is 110 Å². The van der Waals surface area contributed by atoms with Crippen LogP contribution in [0.3, 0.4) is 0 Å². The lowest BCUT2D eigenvalue weighted by molar-refractivity contribution is 0.439. The summed E-state index contributed by atoms with van der Waals surface area (Å²) in [7, 11) is 0. The molecule has 0 fully saturated rings. The van der Waals surface area contributed by atoms with Gasteiger partial charge in [-0.3, -0.25) is 4.79 Å². The van der Waals surface area contributed by atoms with Gasteiger partial charge in [0.1, 0.15) is 11.6 Å². The normalized spacial score (nSPS) is 10.6. The van der Waals surface area contributed by atoms with Gasteiger partial charge in [-0.15, -0.1) is 0 Å². The maximum Gasteiger partial charge on any atom is 0.257 e. The van der Waals surface area contributed by atoms with E-state index in [1.165, 1.54) is 12.1 Å². The van der Waals surface area contributed by atoms with Crippen molar-refractivity contribution >= 4 is 0 Å². The highest BCUT2D eigenvalue weighted by Gasteiger charge is 2.10. The molecule has 1 heterocycles. The first-order valence-corrected chi connectivity index (χ1v) is 6.15. The van der Waals surface area contributed by atoms with Gasteiger partial charge < -0.3 is 10.1 Å². The quantitative estimate of drug-likeness (QED) is 0.887. The first-order chi connectivity index (χ1) is 9.10. The summed E-state index contributed by atoms with van der Waals surface area (Å²) in [4.78, 5) is 18.4. The fraction of sp³-hybridized carbons (Fsp3) is 0.286. The molecule has 0 spiro atoms. The van der Waals surface area contributed by atoms with Crippen LogP contribution in [-0.4, -0.2) is 15.1 Å². The Kier molecular flexibility index (Phi) is 3.94. The molecule has 2 N–H and O–H groups in total. The van der Waals surface area contributed by atoms with Crippen LogP contribution in [0.1, 0.15) is 30.3 Å². The number of nitrogens with one attached hydrogen (secondary N) is 1. The van der Waals surface area contributed by atoms with Crippen LogP contribution < -0.4 is 5.56 Å². The molecule has 0 aliphatic rings. The molecule has 0 atom stereocenters. The van der Waals surface area contributed by atoms with Crippen LogP contribution in [-0.2, 0) is 12.8 Å². The summed E-state index contributed by atoms with van der Waals surface area (Å²) in [5.41, 5.74) is 0.650. The molecule has 0 radical (unpaired) electrons. The van der Waals surface area contributed by atoms with E-state index in [0.717, 1.165) is 6.42 Å². The molecule has 4 nitrogen and oxygen atoms in total. The molecule has 0 amide bonds. The van der Waals surface area contributed by atoms with Crippen LogP contribution in [0.15, 0.2) is 29.1 Å². The largest absolute Gasteiger partial charge is 0.493 e. The van der Waals surface area contributed by atoms with Crippen molar-refractivity contribution in [3.05, 3.63) is 57.4 Å². The minimum Gasteiger partial charge on any atom is -0.493 e. The molecular formula is C14H15FN2O2. The summed E-state index contributed by atoms with van der Waals surface area (Å²) in [5, 5.41) is 9.73. The highest BCUT2D eigenvalue weighted by atomic mass is 19.1. The van der Waals surface area contributed by atoms with Crippen LogP contribution in [0.5, 0.6) is 5.88 Å². The molecule has 0 unspecified atom stereocenters. The average molecular weight is 262 g/mol. The van der Waals surface area contributed by atoms with Crippen molar-refractivity contribution in [2.45, 2.75) is 26.2 Å². The van der Waals surface area contributed by atoms with E-state index >= 15 is 0 Å². The van der Waals surface area contributed by atoms with E-state index in [-0.39, 0.29) is 23.7 Å². The van der Waals surface area contributed by atoms with Crippen molar-refractivity contribution in [1.82, 2.24) is 9.97 Å². The van der Waals surface area contributed by atoms with Crippen LogP contribution >= 0.6 is 0 Å². The Bertz CT molecular complexity index is 638. The predicted octanol–water partition coefficient (Wildman–Crippen LogP) is 2.16. The van der Waals surface area contributed by atoms with Crippen LogP contribution in [0, 0.1) is 5.82 Å². The van der Waals surface area contributed by atoms with Gasteiger partial charge in [0.25, 0.3) is 5.56 Å². The van der Waals surface area contributed by atoms with Gasteiger partial charge in [0.2, 0.25) is 5.88 Å². The summed E-state index contributed by atoms with van der Waals surface area (Å²) in [6, 6.07) is 6.05. The number of hydrogen-bond acceptors (Lipinski definition) is 3. The molecule has 0 aliphatic carbocycles. The molecule has 0 aliphatic heterocycles. The lowest BCUT2D eigenvalue weighted by atomic mass is 10.1. The Morgan fingerprint density at radius 3 is 2.84 bits per heavy atom. The lowest BCUT2D eigenvalue weighted by Crippen LogP contribution is -2.17. The third-order valence-corrected chi connectivity index (χ3v) is 2.80. The van der Waals surface area contributed by atoms with Crippen molar-refractivity contribution < 1.29 is 9.50 Å². The summed E-state index contributed by atoms with van der Waals surface area (Å²) < 4.78 is 13.1. The first-order valence-electron chi connectivity index (χ1n) is 6.15. The highest BCUT2D eigenvalue weighted by Crippen LogP contribution is 2.13. The number of hydrogen-bond donors (Lipinski definition) is 2. The van der Waals surface area contributed by atoms with E-state index in [1.807, 2.05) is 6.92 Å². The van der Waals surface area contributed by atoms with Crippen molar-refractivity contribution in [3.8, 4) is 5.88 Å². The topological polar surface area (TPSA) is 66.0 Å². The molecule has 5 heteroatoms. The second kappa shape index (κ2) is 5.65. The third-order valence-electron chi connectivity index (χ3n) is 2.80. The SMILES string of the molecule is CCCc1c(O)nc(Cc2cccc(F)c2)[nH]c1=O. The lowest BCUT2D eigenvalue weighted by Gasteiger charge is -2.05. The van der Waals surface area contributed by atoms with Crippen LogP contribution in [0.2, 0.25) is 0 Å². The number of aromatic amines is 1. The van der Waals surface area contributed by atoms with Crippen LogP contribution in [0.4, 0.5) is 4.39 Å². The summed E-state index contributed by atoms with van der Waals surface area (Å²) >= 11 is 0. The average Bonchev–Trinajstić information content (AvgIpc) is 2.34. The zero-order valence-electron chi connectivity index (χ0n) is 10.6. The van der Waals surface area contributed by atoms with Gasteiger partial charge in [0, 0.05) is 6.42 Å². The minimum atomic E-state index is -0.341. The fourth-order valence-electron chi connectivity index (χ4n) is 1.93. The van der Waals surface area contributed by atoms with E-state index in [1.54, 1.807) is 12.1 Å². The number of halogens is 1. The van der Waals surface area contributed by atoms with Gasteiger partial charge >= 0.3 is 0 Å². The Morgan fingerprint density at radius 2 is 2.21 bits per heavy atom. The number of H-pyrrole nitrogens is 1. The predicted molar refractivity (Wildman–Crippen MR) is 69.7 cm³/mol. The molecule has 2 rings (SSSR count). The van der Waals surface area contributed by atoms with E-state index in [2.05, 4.69) is 9.97 Å². The van der Waals surface area contributed by atoms with Crippen molar-refractivity contribution in [3.63, 3.8) is 0 Å². The number of nitrogens with zero attached hydrogens (tertiary/aromatic N) is 1. The number of aromatic hydroxyl groups is 1. The van der Waals surface area contributed by atoms with E-state index in [9.17, 15) is 14.3 Å². The minimum absolute atomic E-state index is 0.239. The van der Waals surface area contributed by atoms with Crippen molar-refractivity contribution in [2.75, 3.05) is 0 Å². The summed E-state index contributed by atoms with van der Waals surface area (Å²) in [6.45, 7) is 1.92. The first kappa shape index (κ1) is 13.3. The molecule has 1 aromatic carbocycles. The molecule has 100 valence electrons. The zero-order valence-corrected chi connectivity index (χ0v) is 10.6. The molecule has 0 saturated carbocycles. The van der Waals surface area contributed by atoms with Gasteiger partial charge in [-0.2, -0.15) is 4.98 Å². The highest BCUT2D eigenvalue weighted by molar-refractivity contribution is 5.25. The number of rotatable bonds is 4. The van der Waals surface area contributed by atoms with Crippen molar-refractivity contribution in [1.29, 1.82) is 0 Å². The third kappa shape index (κ3) is 3.19. The van der Waals surface area contributed by atoms with Gasteiger partial charge in [-0.25, -0.2) is 4.39 Å². The fourth-order valence-corrected chi connectivity index (χ4v) is 1.93. The zero-order chi connectivity index (χ0) is 13.8. The van der Waals surface area contributed by atoms with Gasteiger partial charge in [0.05, 0.1) is 5.56 Å². The van der Waals surface area contributed by atoms with Gasteiger partial charge in [-0.05, 0) is 24.1 Å². The Morgan fingerprint density at radius 1 is 1.42 bits per heavy atom. The Hall–Kier alpha value is -2.17. The molecule has 2 aromatic rings. The molecule has 0 bridgehead atoms. The summed E-state index contributed by atoms with van der Waals surface area (Å²) in [6.07, 6.45) is 1.50. The number of aromatic nitrogens is 2. The number of benzene rings is 1. The molecular weight excluding hydrogens is 247 g/mol. The van der Waals surface area contributed by atoms with Crippen molar-refractivity contribution in [2.24, 2.45) is 0 Å².